The van der Waals surface area contributed by atoms with E-state index < -0.39 is 19.8 Å². The van der Waals surface area contributed by atoms with E-state index in [9.17, 15) is 9.36 Å². The van der Waals surface area contributed by atoms with Crippen LogP contribution in [0.1, 0.15) is 20.8 Å². The molecular weight excluding hydrogens is 412 g/mol. The quantitative estimate of drug-likeness (QED) is 0.439. The fourth-order valence-electron chi connectivity index (χ4n) is 2.01. The van der Waals surface area contributed by atoms with Gasteiger partial charge in [0, 0.05) is 0 Å². The number of carbonyl (C=O) groups is 1. The van der Waals surface area contributed by atoms with Crippen LogP contribution in [-0.4, -0.2) is 18.1 Å². The molecule has 0 bridgehead atoms. The molecule has 1 N–H and O–H groups in total. The summed E-state index contributed by atoms with van der Waals surface area (Å²) >= 11 is 12.2. The molecule has 9 heteroatoms. The zero-order chi connectivity index (χ0) is 20.0. The number of ether oxygens (including phenoxy) is 1. The summed E-state index contributed by atoms with van der Waals surface area (Å²) < 4.78 is 29.6. The fraction of sp³-hybridized carbons (Fsp3) is 0.278. The van der Waals surface area contributed by atoms with Crippen LogP contribution in [0.3, 0.4) is 0 Å². The summed E-state index contributed by atoms with van der Waals surface area (Å²) in [4.78, 5) is 12.1. The first kappa shape index (κ1) is 21.6. The highest BCUT2D eigenvalue weighted by Gasteiger charge is 2.35. The molecule has 6 nitrogen and oxygen atoms in total. The zero-order valence-corrected chi connectivity index (χ0v) is 17.4. The summed E-state index contributed by atoms with van der Waals surface area (Å²) in [6.07, 6.45) is -0.324. The molecule has 0 radical (unpaired) electrons. The van der Waals surface area contributed by atoms with E-state index >= 15 is 0 Å². The van der Waals surface area contributed by atoms with Gasteiger partial charge in [-0.05, 0) is 45.0 Å². The van der Waals surface area contributed by atoms with Gasteiger partial charge in [0.15, 0.2) is 5.75 Å². The first-order chi connectivity index (χ1) is 12.7. The van der Waals surface area contributed by atoms with Crippen molar-refractivity contribution < 1.29 is 23.1 Å². The Hall–Kier alpha value is -1.72. The Balaban J connectivity index is 2.30. The highest BCUT2D eigenvalue weighted by molar-refractivity contribution is 7.52. The SMILES string of the molecule is CC(C)OC(=O)[C@H](C)NP(=O)(Oc1ccccc1)Oc1c(Cl)cccc1Cl. The zero-order valence-electron chi connectivity index (χ0n) is 15.0. The van der Waals surface area contributed by atoms with E-state index in [4.69, 9.17) is 37.0 Å². The molecule has 2 rings (SSSR count). The Morgan fingerprint density at radius 3 is 2.11 bits per heavy atom. The van der Waals surface area contributed by atoms with Crippen molar-refractivity contribution in [2.45, 2.75) is 32.9 Å². The molecule has 0 aromatic heterocycles. The van der Waals surface area contributed by atoms with Gasteiger partial charge in [-0.15, -0.1) is 0 Å². The minimum atomic E-state index is -4.09. The first-order valence-electron chi connectivity index (χ1n) is 8.17. The standard InChI is InChI=1S/C18H20Cl2NO5P/c1-12(2)24-18(22)13(3)21-27(23,25-14-8-5-4-6-9-14)26-17-15(19)10-7-11-16(17)20/h4-13H,1-3H3,(H,21,23)/t13-,27?/m0/s1. The topological polar surface area (TPSA) is 73.9 Å². The number of hydrogen-bond acceptors (Lipinski definition) is 5. The molecule has 0 aliphatic rings. The third-order valence-electron chi connectivity index (χ3n) is 3.16. The maximum Gasteiger partial charge on any atom is 0.513 e. The fourth-order valence-corrected chi connectivity index (χ4v) is 4.15. The Bertz CT molecular complexity index is 812. The Kier molecular flexibility index (Phi) is 7.57. The van der Waals surface area contributed by atoms with Crippen molar-refractivity contribution in [1.29, 1.82) is 0 Å². The minimum Gasteiger partial charge on any atom is -0.462 e. The van der Waals surface area contributed by atoms with Gasteiger partial charge in [-0.25, -0.2) is 4.57 Å². The van der Waals surface area contributed by atoms with Crippen LogP contribution in [0.25, 0.3) is 0 Å². The Morgan fingerprint density at radius 1 is 0.963 bits per heavy atom. The van der Waals surface area contributed by atoms with Gasteiger partial charge in [0.2, 0.25) is 0 Å². The molecule has 0 aliphatic carbocycles. The molecule has 0 saturated heterocycles. The summed E-state index contributed by atoms with van der Waals surface area (Å²) in [5.41, 5.74) is 0. The molecule has 0 heterocycles. The maximum absolute atomic E-state index is 13.4. The number of nitrogens with one attached hydrogen (secondary N) is 1. The van der Waals surface area contributed by atoms with Gasteiger partial charge in [0.05, 0.1) is 16.1 Å². The lowest BCUT2D eigenvalue weighted by atomic mass is 10.3. The molecule has 0 aliphatic heterocycles. The number of halogens is 2. The lowest BCUT2D eigenvalue weighted by Gasteiger charge is -2.24. The summed E-state index contributed by atoms with van der Waals surface area (Å²) in [5, 5.41) is 2.87. The van der Waals surface area contributed by atoms with Crippen LogP contribution in [0.2, 0.25) is 10.0 Å². The van der Waals surface area contributed by atoms with E-state index in [-0.39, 0.29) is 27.6 Å². The van der Waals surface area contributed by atoms with Crippen LogP contribution in [0.15, 0.2) is 48.5 Å². The molecule has 2 atom stereocenters. The van der Waals surface area contributed by atoms with Crippen molar-refractivity contribution in [2.24, 2.45) is 0 Å². The van der Waals surface area contributed by atoms with Crippen molar-refractivity contribution in [3.05, 3.63) is 58.6 Å². The molecule has 146 valence electrons. The summed E-state index contributed by atoms with van der Waals surface area (Å²) in [7, 11) is -4.09. The maximum atomic E-state index is 13.4. The van der Waals surface area contributed by atoms with Gasteiger partial charge in [0.25, 0.3) is 0 Å². The van der Waals surface area contributed by atoms with E-state index in [1.165, 1.54) is 19.1 Å². The Labute approximate surface area is 168 Å². The third-order valence-corrected chi connectivity index (χ3v) is 5.33. The van der Waals surface area contributed by atoms with E-state index in [0.717, 1.165) is 0 Å². The number of carbonyl (C=O) groups excluding carboxylic acids is 1. The van der Waals surface area contributed by atoms with Gasteiger partial charge in [-0.1, -0.05) is 47.5 Å². The molecule has 0 saturated carbocycles. The number of para-hydroxylation sites is 2. The van der Waals surface area contributed by atoms with Gasteiger partial charge in [-0.2, -0.15) is 5.09 Å². The molecule has 0 fully saturated rings. The van der Waals surface area contributed by atoms with Crippen LogP contribution in [0.4, 0.5) is 0 Å². The van der Waals surface area contributed by atoms with E-state index in [0.29, 0.717) is 0 Å². The summed E-state index contributed by atoms with van der Waals surface area (Å²) in [6, 6.07) is 12.1. The molecule has 2 aromatic carbocycles. The van der Waals surface area contributed by atoms with Crippen molar-refractivity contribution >= 4 is 36.9 Å². The molecule has 2 aromatic rings. The van der Waals surface area contributed by atoms with Crippen molar-refractivity contribution in [1.82, 2.24) is 5.09 Å². The third kappa shape index (κ3) is 6.43. The smallest absolute Gasteiger partial charge is 0.462 e. The number of benzene rings is 2. The van der Waals surface area contributed by atoms with Gasteiger partial charge in [0.1, 0.15) is 11.8 Å². The van der Waals surface area contributed by atoms with Gasteiger partial charge < -0.3 is 13.8 Å². The molecule has 0 spiro atoms. The van der Waals surface area contributed by atoms with Crippen LogP contribution in [0, 0.1) is 0 Å². The van der Waals surface area contributed by atoms with E-state index in [1.54, 1.807) is 50.2 Å². The van der Waals surface area contributed by atoms with Crippen LogP contribution in [-0.2, 0) is 14.1 Å². The largest absolute Gasteiger partial charge is 0.513 e. The van der Waals surface area contributed by atoms with Crippen molar-refractivity contribution in [3.8, 4) is 11.5 Å². The van der Waals surface area contributed by atoms with Crippen LogP contribution >= 0.6 is 30.9 Å². The summed E-state index contributed by atoms with van der Waals surface area (Å²) in [6.45, 7) is 4.92. The molecule has 0 amide bonds. The minimum absolute atomic E-state index is 0.0166. The van der Waals surface area contributed by atoms with Crippen molar-refractivity contribution in [2.75, 3.05) is 0 Å². The number of rotatable bonds is 8. The molecule has 27 heavy (non-hydrogen) atoms. The highest BCUT2D eigenvalue weighted by atomic mass is 35.5. The van der Waals surface area contributed by atoms with Gasteiger partial charge >= 0.3 is 13.7 Å². The normalized spacial score (nSPS) is 14.3. The lowest BCUT2D eigenvalue weighted by Crippen LogP contribution is -2.36. The number of hydrogen-bond donors (Lipinski definition) is 1. The van der Waals surface area contributed by atoms with Crippen LogP contribution < -0.4 is 14.1 Å². The first-order valence-corrected chi connectivity index (χ1v) is 10.5. The predicted octanol–water partition coefficient (Wildman–Crippen LogP) is 5.49. The number of esters is 1. The average molecular weight is 432 g/mol. The lowest BCUT2D eigenvalue weighted by molar-refractivity contribution is -0.149. The van der Waals surface area contributed by atoms with Gasteiger partial charge in [-0.3, -0.25) is 4.79 Å². The van der Waals surface area contributed by atoms with Crippen LogP contribution in [0.5, 0.6) is 11.5 Å². The Morgan fingerprint density at radius 2 is 1.56 bits per heavy atom. The monoisotopic (exact) mass is 431 g/mol. The highest BCUT2D eigenvalue weighted by Crippen LogP contribution is 2.49. The van der Waals surface area contributed by atoms with E-state index in [2.05, 4.69) is 5.09 Å². The van der Waals surface area contributed by atoms with Crippen molar-refractivity contribution in [3.63, 3.8) is 0 Å². The summed E-state index contributed by atoms with van der Waals surface area (Å²) in [5.74, 6) is -0.339. The average Bonchev–Trinajstić information content (AvgIpc) is 2.58. The second-order valence-electron chi connectivity index (χ2n) is 5.88. The predicted molar refractivity (Wildman–Crippen MR) is 106 cm³/mol. The molecule has 1 unspecified atom stereocenters. The second kappa shape index (κ2) is 9.47. The van der Waals surface area contributed by atoms with E-state index in [1.807, 2.05) is 0 Å². The molecular formula is C18H20Cl2NO5P. The second-order valence-corrected chi connectivity index (χ2v) is 8.31.